The number of thiazole rings is 1. The Balaban J connectivity index is 1.50. The van der Waals surface area contributed by atoms with Crippen LogP contribution in [-0.4, -0.2) is 41.6 Å². The first kappa shape index (κ1) is 29.7. The average molecular weight is 613 g/mol. The molecular weight excluding hydrogens is 576 g/mol. The molecule has 1 saturated heterocycles. The van der Waals surface area contributed by atoms with Crippen LogP contribution >= 0.6 is 11.3 Å². The summed E-state index contributed by atoms with van der Waals surface area (Å²) in [6.07, 6.45) is 1.59. The number of benzene rings is 3. The highest BCUT2D eigenvalue weighted by atomic mass is 32.1. The van der Waals surface area contributed by atoms with E-state index in [-0.39, 0.29) is 17.4 Å². The molecule has 4 aromatic rings. The van der Waals surface area contributed by atoms with Gasteiger partial charge in [-0.15, -0.1) is 0 Å². The van der Waals surface area contributed by atoms with E-state index in [0.29, 0.717) is 46.7 Å². The highest BCUT2D eigenvalue weighted by molar-refractivity contribution is 7.22. The second-order valence-corrected chi connectivity index (χ2v) is 13.0. The van der Waals surface area contributed by atoms with Gasteiger partial charge in [0.25, 0.3) is 5.78 Å². The number of methoxy groups -OCH3 is 1. The van der Waals surface area contributed by atoms with Gasteiger partial charge in [-0.25, -0.2) is 4.98 Å². The Morgan fingerprint density at radius 3 is 2.66 bits per heavy atom. The predicted octanol–water partition coefficient (Wildman–Crippen LogP) is 7.30. The average Bonchev–Trinajstić information content (AvgIpc) is 3.65. The number of aromatic nitrogens is 1. The smallest absolute Gasteiger partial charge is 0.301 e. The fourth-order valence-corrected chi connectivity index (χ4v) is 7.08. The summed E-state index contributed by atoms with van der Waals surface area (Å²) in [6, 6.07) is 13.8. The van der Waals surface area contributed by atoms with Crippen LogP contribution in [0.1, 0.15) is 61.1 Å². The van der Waals surface area contributed by atoms with Crippen molar-refractivity contribution in [2.24, 2.45) is 5.92 Å². The number of fused-ring (bicyclic) bond motifs is 2. The number of carbonyl (C=O) groups excluding carboxylic acids is 2. The molecule has 3 aromatic carbocycles. The zero-order valence-electron chi connectivity index (χ0n) is 25.8. The summed E-state index contributed by atoms with van der Waals surface area (Å²) in [4.78, 5) is 33.9. The van der Waals surface area contributed by atoms with Crippen molar-refractivity contribution in [3.8, 4) is 17.2 Å². The maximum absolute atomic E-state index is 13.8. The van der Waals surface area contributed by atoms with Gasteiger partial charge in [-0.3, -0.25) is 14.5 Å². The molecule has 44 heavy (non-hydrogen) atoms. The molecule has 8 nitrogen and oxygen atoms in total. The number of aryl methyl sites for hydroxylation is 2. The highest BCUT2D eigenvalue weighted by Crippen LogP contribution is 2.46. The number of amides is 1. The lowest BCUT2D eigenvalue weighted by Crippen LogP contribution is -2.29. The number of nitrogens with zero attached hydrogens (tertiary/aromatic N) is 2. The molecule has 1 N–H and O–H groups in total. The molecule has 6 rings (SSSR count). The first-order valence-electron chi connectivity index (χ1n) is 14.8. The summed E-state index contributed by atoms with van der Waals surface area (Å²) < 4.78 is 18.5. The maximum Gasteiger partial charge on any atom is 0.301 e. The fourth-order valence-electron chi connectivity index (χ4n) is 5.91. The second kappa shape index (κ2) is 11.6. The van der Waals surface area contributed by atoms with Crippen LogP contribution in [0, 0.1) is 19.8 Å². The van der Waals surface area contributed by atoms with Gasteiger partial charge in [-0.05, 0) is 91.8 Å². The summed E-state index contributed by atoms with van der Waals surface area (Å²) in [5.74, 6) is 0.492. The topological polar surface area (TPSA) is 98.2 Å². The van der Waals surface area contributed by atoms with Crippen molar-refractivity contribution in [1.29, 1.82) is 0 Å². The monoisotopic (exact) mass is 612 g/mol. The number of Topliss-reactive ketones (excluding diaryl/α,β-unsaturated/α-hetero) is 1. The number of rotatable bonds is 8. The van der Waals surface area contributed by atoms with Crippen molar-refractivity contribution >= 4 is 44.1 Å². The van der Waals surface area contributed by atoms with Crippen LogP contribution < -0.4 is 19.1 Å². The van der Waals surface area contributed by atoms with Crippen LogP contribution in [0.25, 0.3) is 16.0 Å². The number of ether oxygens (including phenoxy) is 3. The second-order valence-electron chi connectivity index (χ2n) is 12.0. The number of ketones is 1. The quantitative estimate of drug-likeness (QED) is 0.127. The Morgan fingerprint density at radius 2 is 1.91 bits per heavy atom. The van der Waals surface area contributed by atoms with Gasteiger partial charge >= 0.3 is 5.91 Å². The van der Waals surface area contributed by atoms with E-state index in [9.17, 15) is 14.7 Å². The summed E-state index contributed by atoms with van der Waals surface area (Å²) in [5.41, 5.74) is 4.80. The minimum absolute atomic E-state index is 0.00963. The van der Waals surface area contributed by atoms with Crippen LogP contribution in [-0.2, 0) is 16.0 Å². The Kier molecular flexibility index (Phi) is 7.84. The molecule has 0 aliphatic carbocycles. The van der Waals surface area contributed by atoms with Crippen LogP contribution in [0.2, 0.25) is 0 Å². The molecule has 3 heterocycles. The minimum atomic E-state index is -0.945. The van der Waals surface area contributed by atoms with Crippen molar-refractivity contribution in [3.05, 3.63) is 81.9 Å². The lowest BCUT2D eigenvalue weighted by molar-refractivity contribution is -0.132. The lowest BCUT2D eigenvalue weighted by atomic mass is 9.94. The molecule has 2 aliphatic heterocycles. The van der Waals surface area contributed by atoms with Crippen molar-refractivity contribution < 1.29 is 28.9 Å². The van der Waals surface area contributed by atoms with Gasteiger partial charge in [0.15, 0.2) is 16.6 Å². The van der Waals surface area contributed by atoms with Gasteiger partial charge < -0.3 is 19.3 Å². The third-order valence-corrected chi connectivity index (χ3v) is 9.10. The molecule has 228 valence electrons. The van der Waals surface area contributed by atoms with Crippen LogP contribution in [0.5, 0.6) is 17.2 Å². The number of carbonyl (C=O) groups is 2. The van der Waals surface area contributed by atoms with E-state index in [1.54, 1.807) is 31.4 Å². The summed E-state index contributed by atoms with van der Waals surface area (Å²) in [6.45, 7) is 10.8. The predicted molar refractivity (Wildman–Crippen MR) is 172 cm³/mol. The number of hydrogen-bond donors (Lipinski definition) is 1. The first-order valence-corrected chi connectivity index (χ1v) is 15.7. The van der Waals surface area contributed by atoms with E-state index in [1.165, 1.54) is 16.2 Å². The molecule has 1 aromatic heterocycles. The van der Waals surface area contributed by atoms with E-state index >= 15 is 0 Å². The number of aliphatic hydroxyl groups excluding tert-OH is 1. The lowest BCUT2D eigenvalue weighted by Gasteiger charge is -2.24. The number of aliphatic hydroxyl groups is 1. The third kappa shape index (κ3) is 5.30. The Hall–Kier alpha value is -4.37. The molecule has 2 unspecified atom stereocenters. The fraction of sp³-hybridized carbons (Fsp3) is 0.343. The molecule has 9 heteroatoms. The van der Waals surface area contributed by atoms with E-state index in [2.05, 4.69) is 13.8 Å². The molecule has 1 amide bonds. The summed E-state index contributed by atoms with van der Waals surface area (Å²) in [5, 5.41) is 12.1. The third-order valence-electron chi connectivity index (χ3n) is 8.09. The Morgan fingerprint density at radius 1 is 1.11 bits per heavy atom. The summed E-state index contributed by atoms with van der Waals surface area (Å²) >= 11 is 1.35. The number of hydrogen-bond acceptors (Lipinski definition) is 8. The zero-order chi connectivity index (χ0) is 31.3. The highest BCUT2D eigenvalue weighted by Gasteiger charge is 2.48. The van der Waals surface area contributed by atoms with Gasteiger partial charge in [-0.1, -0.05) is 37.3 Å². The molecule has 0 spiro atoms. The van der Waals surface area contributed by atoms with E-state index in [0.717, 1.165) is 39.1 Å². The number of anilines is 1. The van der Waals surface area contributed by atoms with Gasteiger partial charge in [0.2, 0.25) is 0 Å². The largest absolute Gasteiger partial charge is 0.507 e. The molecule has 0 radical (unpaired) electrons. The maximum atomic E-state index is 13.8. The van der Waals surface area contributed by atoms with E-state index in [4.69, 9.17) is 19.2 Å². The standard InChI is InChI=1S/C35H36N2O6S/c1-18(2)11-12-42-26-10-7-22(17-27(26)41-6)31-29(32(38)23-8-9-25-24(16-23)15-21(5)43-25)33(39)34(40)37(31)35-36-30-20(4)13-19(3)14-28(30)44-35/h7-10,13-14,16-18,21,31,38H,11-12,15H2,1-6H3. The van der Waals surface area contributed by atoms with Crippen LogP contribution in [0.4, 0.5) is 5.13 Å². The summed E-state index contributed by atoms with van der Waals surface area (Å²) in [7, 11) is 1.55. The van der Waals surface area contributed by atoms with Crippen molar-refractivity contribution in [1.82, 2.24) is 4.98 Å². The SMILES string of the molecule is COc1cc(C2C(=C(O)c3ccc4c(c3)CC(C)O4)C(=O)C(=O)N2c2nc3c(C)cc(C)cc3s2)ccc1OCCC(C)C. The molecule has 2 aliphatic rings. The first-order chi connectivity index (χ1) is 21.0. The van der Waals surface area contributed by atoms with Gasteiger partial charge in [-0.2, -0.15) is 0 Å². The van der Waals surface area contributed by atoms with Gasteiger partial charge in [0, 0.05) is 12.0 Å². The van der Waals surface area contributed by atoms with Crippen molar-refractivity contribution in [2.75, 3.05) is 18.6 Å². The molecule has 2 atom stereocenters. The molecule has 0 saturated carbocycles. The van der Waals surface area contributed by atoms with Gasteiger partial charge in [0.1, 0.15) is 17.6 Å². The van der Waals surface area contributed by atoms with Crippen LogP contribution in [0.15, 0.2) is 54.1 Å². The normalized spacial score (nSPS) is 19.1. The Bertz CT molecular complexity index is 1820. The zero-order valence-corrected chi connectivity index (χ0v) is 26.6. The molecule has 1 fully saturated rings. The molecule has 0 bridgehead atoms. The van der Waals surface area contributed by atoms with Crippen LogP contribution in [0.3, 0.4) is 0 Å². The Labute approximate surface area is 260 Å². The van der Waals surface area contributed by atoms with E-state index in [1.807, 2.05) is 45.0 Å². The van der Waals surface area contributed by atoms with Crippen molar-refractivity contribution in [3.63, 3.8) is 0 Å². The van der Waals surface area contributed by atoms with Crippen molar-refractivity contribution in [2.45, 2.75) is 59.6 Å². The molecular formula is C35H36N2O6S. The minimum Gasteiger partial charge on any atom is -0.507 e. The van der Waals surface area contributed by atoms with E-state index < -0.39 is 17.7 Å². The van der Waals surface area contributed by atoms with Gasteiger partial charge in [0.05, 0.1) is 35.5 Å².